The highest BCUT2D eigenvalue weighted by Crippen LogP contribution is 2.12. The molecule has 1 aromatic rings. The monoisotopic (exact) mass is 383 g/mol. The topological polar surface area (TPSA) is 87.7 Å². The molecule has 2 amide bonds. The van der Waals surface area contributed by atoms with Crippen LogP contribution in [0.3, 0.4) is 0 Å². The summed E-state index contributed by atoms with van der Waals surface area (Å²) in [7, 11) is 0. The minimum Gasteiger partial charge on any atom is -0.466 e. The predicted octanol–water partition coefficient (Wildman–Crippen LogP) is 1.11. The number of benzene rings is 1. The molecule has 0 aliphatic carbocycles. The van der Waals surface area contributed by atoms with Crippen molar-refractivity contribution in [3.05, 3.63) is 34.9 Å². The summed E-state index contributed by atoms with van der Waals surface area (Å²) in [6.07, 6.45) is -0.142. The standard InChI is InChI=1S/C16H18ClN3O4S/c1-2-24-13(21)9-12-15(23)18-7-8-20(12)16(25)19-14(22)10-3-5-11(17)6-4-10/h3-6,12H,2,7-9H2,1H3,(H,18,23)(H,19,22,25). The van der Waals surface area contributed by atoms with Crippen molar-refractivity contribution in [1.82, 2.24) is 15.5 Å². The Morgan fingerprint density at radius 3 is 2.72 bits per heavy atom. The molecule has 1 aromatic carbocycles. The summed E-state index contributed by atoms with van der Waals surface area (Å²) in [6, 6.07) is 5.51. The molecule has 0 saturated carbocycles. The van der Waals surface area contributed by atoms with Crippen LogP contribution in [-0.4, -0.2) is 53.5 Å². The van der Waals surface area contributed by atoms with Gasteiger partial charge in [-0.2, -0.15) is 0 Å². The quantitative estimate of drug-likeness (QED) is 0.598. The van der Waals surface area contributed by atoms with E-state index in [-0.39, 0.29) is 24.0 Å². The lowest BCUT2D eigenvalue weighted by Crippen LogP contribution is -2.60. The Labute approximate surface area is 155 Å². The minimum atomic E-state index is -0.814. The number of ether oxygens (including phenoxy) is 1. The van der Waals surface area contributed by atoms with E-state index in [0.29, 0.717) is 23.7 Å². The van der Waals surface area contributed by atoms with Gasteiger partial charge in [-0.1, -0.05) is 11.6 Å². The summed E-state index contributed by atoms with van der Waals surface area (Å²) >= 11 is 11.1. The van der Waals surface area contributed by atoms with Gasteiger partial charge in [0.2, 0.25) is 5.91 Å². The van der Waals surface area contributed by atoms with Crippen LogP contribution in [0.15, 0.2) is 24.3 Å². The maximum Gasteiger partial charge on any atom is 0.308 e. The number of halogens is 1. The maximum atomic E-state index is 12.3. The lowest BCUT2D eigenvalue weighted by molar-refractivity contribution is -0.147. The number of carbonyl (C=O) groups excluding carboxylic acids is 3. The highest BCUT2D eigenvalue weighted by molar-refractivity contribution is 7.80. The molecule has 1 aliphatic heterocycles. The number of rotatable bonds is 4. The first-order chi connectivity index (χ1) is 11.9. The number of carbonyl (C=O) groups is 3. The van der Waals surface area contributed by atoms with Gasteiger partial charge in [0.25, 0.3) is 5.91 Å². The summed E-state index contributed by atoms with van der Waals surface area (Å²) in [6.45, 7) is 2.67. The average Bonchev–Trinajstić information content (AvgIpc) is 2.57. The molecule has 7 nitrogen and oxygen atoms in total. The molecule has 2 rings (SSSR count). The highest BCUT2D eigenvalue weighted by atomic mass is 35.5. The van der Waals surface area contributed by atoms with Crippen LogP contribution >= 0.6 is 23.8 Å². The summed E-state index contributed by atoms with van der Waals surface area (Å²) in [5.41, 5.74) is 0.384. The molecular formula is C16H18ClN3O4S. The molecule has 0 aromatic heterocycles. The van der Waals surface area contributed by atoms with Crippen LogP contribution in [0.1, 0.15) is 23.7 Å². The Balaban J connectivity index is 2.06. The number of hydrogen-bond donors (Lipinski definition) is 2. The van der Waals surface area contributed by atoms with Gasteiger partial charge in [0, 0.05) is 23.7 Å². The van der Waals surface area contributed by atoms with Crippen LogP contribution in [0.25, 0.3) is 0 Å². The van der Waals surface area contributed by atoms with E-state index in [2.05, 4.69) is 10.6 Å². The van der Waals surface area contributed by atoms with Crippen LogP contribution in [0.4, 0.5) is 0 Å². The predicted molar refractivity (Wildman–Crippen MR) is 96.3 cm³/mol. The largest absolute Gasteiger partial charge is 0.466 e. The van der Waals surface area contributed by atoms with Crippen LogP contribution in [0.5, 0.6) is 0 Å². The number of esters is 1. The fourth-order valence-electron chi connectivity index (χ4n) is 2.38. The first-order valence-corrected chi connectivity index (χ1v) is 8.52. The van der Waals surface area contributed by atoms with Crippen molar-refractivity contribution in [3.63, 3.8) is 0 Å². The summed E-state index contributed by atoms with van der Waals surface area (Å²) in [5, 5.41) is 5.87. The van der Waals surface area contributed by atoms with E-state index >= 15 is 0 Å². The summed E-state index contributed by atoms with van der Waals surface area (Å²) in [5.74, 6) is -1.24. The van der Waals surface area contributed by atoms with E-state index in [9.17, 15) is 14.4 Å². The molecule has 1 atom stereocenters. The Kier molecular flexibility index (Phi) is 6.72. The highest BCUT2D eigenvalue weighted by Gasteiger charge is 2.34. The van der Waals surface area contributed by atoms with Gasteiger partial charge in [-0.3, -0.25) is 19.7 Å². The van der Waals surface area contributed by atoms with E-state index in [1.165, 1.54) is 4.90 Å². The molecule has 134 valence electrons. The van der Waals surface area contributed by atoms with E-state index in [4.69, 9.17) is 28.6 Å². The zero-order valence-electron chi connectivity index (χ0n) is 13.6. The van der Waals surface area contributed by atoms with Crippen molar-refractivity contribution in [3.8, 4) is 0 Å². The molecule has 1 aliphatic rings. The zero-order valence-corrected chi connectivity index (χ0v) is 15.2. The molecule has 0 radical (unpaired) electrons. The van der Waals surface area contributed by atoms with Gasteiger partial charge in [0.15, 0.2) is 5.11 Å². The van der Waals surface area contributed by atoms with Crippen LogP contribution < -0.4 is 10.6 Å². The molecule has 0 spiro atoms. The number of hydrogen-bond acceptors (Lipinski definition) is 5. The van der Waals surface area contributed by atoms with Gasteiger partial charge in [0.1, 0.15) is 6.04 Å². The molecule has 1 saturated heterocycles. The smallest absolute Gasteiger partial charge is 0.308 e. The van der Waals surface area contributed by atoms with E-state index in [1.807, 2.05) is 0 Å². The Hall–Kier alpha value is -2.19. The van der Waals surface area contributed by atoms with Gasteiger partial charge >= 0.3 is 5.97 Å². The molecule has 2 N–H and O–H groups in total. The third-order valence-corrected chi connectivity index (χ3v) is 4.17. The number of nitrogens with zero attached hydrogens (tertiary/aromatic N) is 1. The average molecular weight is 384 g/mol. The lowest BCUT2D eigenvalue weighted by Gasteiger charge is -2.36. The molecule has 25 heavy (non-hydrogen) atoms. The van der Waals surface area contributed by atoms with E-state index in [1.54, 1.807) is 31.2 Å². The summed E-state index contributed by atoms with van der Waals surface area (Å²) < 4.78 is 4.89. The zero-order chi connectivity index (χ0) is 18.4. The van der Waals surface area contributed by atoms with Crippen molar-refractivity contribution in [1.29, 1.82) is 0 Å². The number of thiocarbonyl (C=S) groups is 1. The first kappa shape index (κ1) is 19.1. The van der Waals surface area contributed by atoms with Crippen molar-refractivity contribution in [2.45, 2.75) is 19.4 Å². The van der Waals surface area contributed by atoms with E-state index < -0.39 is 17.9 Å². The second-order valence-electron chi connectivity index (χ2n) is 5.28. The number of amides is 2. The normalized spacial score (nSPS) is 16.8. The van der Waals surface area contributed by atoms with Crippen molar-refractivity contribution < 1.29 is 19.1 Å². The van der Waals surface area contributed by atoms with Gasteiger partial charge in [0.05, 0.1) is 13.0 Å². The molecule has 0 bridgehead atoms. The van der Waals surface area contributed by atoms with Crippen molar-refractivity contribution in [2.24, 2.45) is 0 Å². The fraction of sp³-hybridized carbons (Fsp3) is 0.375. The van der Waals surface area contributed by atoms with Crippen LogP contribution in [-0.2, 0) is 14.3 Å². The fourth-order valence-corrected chi connectivity index (χ4v) is 2.82. The number of nitrogens with one attached hydrogen (secondary N) is 2. The van der Waals surface area contributed by atoms with Crippen LogP contribution in [0, 0.1) is 0 Å². The molecule has 9 heteroatoms. The number of piperazine rings is 1. The second-order valence-corrected chi connectivity index (χ2v) is 6.10. The molecule has 1 unspecified atom stereocenters. The van der Waals surface area contributed by atoms with Gasteiger partial charge in [-0.05, 0) is 43.4 Å². The Morgan fingerprint density at radius 2 is 2.08 bits per heavy atom. The third-order valence-electron chi connectivity index (χ3n) is 3.58. The third kappa shape index (κ3) is 5.14. The molecular weight excluding hydrogens is 366 g/mol. The lowest BCUT2D eigenvalue weighted by atomic mass is 10.1. The molecule has 1 heterocycles. The van der Waals surface area contributed by atoms with Gasteiger partial charge in [-0.25, -0.2) is 0 Å². The van der Waals surface area contributed by atoms with Crippen molar-refractivity contribution >= 4 is 46.7 Å². The Bertz CT molecular complexity index is 680. The van der Waals surface area contributed by atoms with Crippen LogP contribution in [0.2, 0.25) is 5.02 Å². The van der Waals surface area contributed by atoms with Gasteiger partial charge < -0.3 is 15.0 Å². The SMILES string of the molecule is CCOC(=O)CC1C(=O)NCCN1C(=S)NC(=O)c1ccc(Cl)cc1. The summed E-state index contributed by atoms with van der Waals surface area (Å²) in [4.78, 5) is 37.6. The molecule has 1 fully saturated rings. The van der Waals surface area contributed by atoms with Gasteiger partial charge in [-0.15, -0.1) is 0 Å². The first-order valence-electron chi connectivity index (χ1n) is 7.73. The van der Waals surface area contributed by atoms with E-state index in [0.717, 1.165) is 0 Å². The Morgan fingerprint density at radius 1 is 1.40 bits per heavy atom. The van der Waals surface area contributed by atoms with Crippen molar-refractivity contribution in [2.75, 3.05) is 19.7 Å². The second kappa shape index (κ2) is 8.77. The maximum absolute atomic E-state index is 12.3. The minimum absolute atomic E-state index is 0.0871.